The largest absolute Gasteiger partial charge is 0.481 e. The van der Waals surface area contributed by atoms with Gasteiger partial charge in [-0.05, 0) is 47.9 Å². The molecule has 1 saturated heterocycles. The first kappa shape index (κ1) is 23.4. The minimum absolute atomic E-state index is 0.0412. The SMILES string of the molecule is O=C(NC1CCOC1C(=O)N[C@H]1CCC[C@@H](C(=O)O)C1)OCC1c2ccccc2-c2ccccc21. The van der Waals surface area contributed by atoms with E-state index in [2.05, 4.69) is 34.9 Å². The summed E-state index contributed by atoms with van der Waals surface area (Å²) in [7, 11) is 0. The van der Waals surface area contributed by atoms with Gasteiger partial charge in [-0.3, -0.25) is 9.59 Å². The van der Waals surface area contributed by atoms with Crippen molar-refractivity contribution in [2.24, 2.45) is 5.92 Å². The van der Waals surface area contributed by atoms with Gasteiger partial charge in [0.2, 0.25) is 0 Å². The number of fused-ring (bicyclic) bond motifs is 3. The topological polar surface area (TPSA) is 114 Å². The normalized spacial score (nSPS) is 25.4. The molecule has 0 bridgehead atoms. The lowest BCUT2D eigenvalue weighted by Crippen LogP contribution is -2.51. The Balaban J connectivity index is 1.17. The van der Waals surface area contributed by atoms with Crippen molar-refractivity contribution in [2.45, 2.75) is 56.2 Å². The Bertz CT molecular complexity index is 1070. The zero-order chi connectivity index (χ0) is 24.4. The Morgan fingerprint density at radius 1 is 0.943 bits per heavy atom. The van der Waals surface area contributed by atoms with Gasteiger partial charge in [0.05, 0.1) is 12.0 Å². The summed E-state index contributed by atoms with van der Waals surface area (Å²) in [4.78, 5) is 36.8. The molecule has 8 heteroatoms. The van der Waals surface area contributed by atoms with E-state index in [1.165, 1.54) is 0 Å². The lowest BCUT2D eigenvalue weighted by molar-refractivity contribution is -0.143. The number of ether oxygens (including phenoxy) is 2. The van der Waals surface area contributed by atoms with Crippen LogP contribution in [0.3, 0.4) is 0 Å². The maximum absolute atomic E-state index is 12.8. The molecule has 4 atom stereocenters. The van der Waals surface area contributed by atoms with Crippen LogP contribution in [0.25, 0.3) is 11.1 Å². The molecule has 5 rings (SSSR count). The number of hydrogen-bond acceptors (Lipinski definition) is 5. The van der Waals surface area contributed by atoms with Crippen molar-refractivity contribution < 1.29 is 29.0 Å². The third-order valence-corrected chi connectivity index (χ3v) is 7.37. The average molecular weight is 479 g/mol. The van der Waals surface area contributed by atoms with Gasteiger partial charge in [-0.1, -0.05) is 55.0 Å². The van der Waals surface area contributed by atoms with Gasteiger partial charge in [-0.15, -0.1) is 0 Å². The Kier molecular flexibility index (Phi) is 6.72. The zero-order valence-electron chi connectivity index (χ0n) is 19.4. The van der Waals surface area contributed by atoms with E-state index in [0.29, 0.717) is 25.9 Å². The average Bonchev–Trinajstić information content (AvgIpc) is 3.45. The van der Waals surface area contributed by atoms with Crippen molar-refractivity contribution in [1.82, 2.24) is 10.6 Å². The van der Waals surface area contributed by atoms with Gasteiger partial charge in [0, 0.05) is 18.6 Å². The van der Waals surface area contributed by atoms with Gasteiger partial charge in [-0.2, -0.15) is 0 Å². The molecule has 2 fully saturated rings. The lowest BCUT2D eigenvalue weighted by Gasteiger charge is -2.29. The first-order chi connectivity index (χ1) is 17.0. The van der Waals surface area contributed by atoms with E-state index in [-0.39, 0.29) is 24.5 Å². The highest BCUT2D eigenvalue weighted by molar-refractivity contribution is 5.83. The molecule has 2 aromatic carbocycles. The summed E-state index contributed by atoms with van der Waals surface area (Å²) in [6.07, 6.45) is 1.66. The highest BCUT2D eigenvalue weighted by Gasteiger charge is 2.38. The number of carbonyl (C=O) groups is 3. The molecular formula is C27H30N2O6. The number of carbonyl (C=O) groups excluding carboxylic acids is 2. The number of nitrogens with one attached hydrogen (secondary N) is 2. The van der Waals surface area contributed by atoms with Crippen LogP contribution in [0.2, 0.25) is 0 Å². The molecule has 2 aromatic rings. The second-order valence-corrected chi connectivity index (χ2v) is 9.56. The number of carboxylic acids is 1. The molecule has 2 aliphatic carbocycles. The van der Waals surface area contributed by atoms with Crippen LogP contribution in [-0.4, -0.2) is 54.5 Å². The van der Waals surface area contributed by atoms with E-state index in [4.69, 9.17) is 9.47 Å². The summed E-state index contributed by atoms with van der Waals surface area (Å²) < 4.78 is 11.2. The first-order valence-electron chi connectivity index (χ1n) is 12.3. The molecule has 35 heavy (non-hydrogen) atoms. The molecule has 0 aromatic heterocycles. The Morgan fingerprint density at radius 2 is 1.63 bits per heavy atom. The summed E-state index contributed by atoms with van der Waals surface area (Å²) in [6.45, 7) is 0.553. The second-order valence-electron chi connectivity index (χ2n) is 9.56. The summed E-state index contributed by atoms with van der Waals surface area (Å²) in [5.74, 6) is -1.62. The third kappa shape index (κ3) is 4.89. The van der Waals surface area contributed by atoms with Crippen LogP contribution in [0.5, 0.6) is 0 Å². The third-order valence-electron chi connectivity index (χ3n) is 7.37. The summed E-state index contributed by atoms with van der Waals surface area (Å²) in [6, 6.07) is 15.6. The van der Waals surface area contributed by atoms with E-state index < -0.39 is 30.1 Å². The van der Waals surface area contributed by atoms with Gasteiger partial charge in [0.15, 0.2) is 6.10 Å². The van der Waals surface area contributed by atoms with E-state index in [1.54, 1.807) is 0 Å². The number of rotatable bonds is 6. The Morgan fingerprint density at radius 3 is 2.31 bits per heavy atom. The number of hydrogen-bond donors (Lipinski definition) is 3. The standard InChI is InChI=1S/C27H30N2O6/c30-25(28-17-7-5-6-16(14-17)26(31)32)24-23(12-13-34-24)29-27(33)35-15-22-20-10-3-1-8-18(20)19-9-2-4-11-21(19)22/h1-4,8-11,16-17,22-24H,5-7,12-15H2,(H,28,30)(H,29,33)(H,31,32)/t16-,17+,23?,24?/m1/s1. The number of amides is 2. The summed E-state index contributed by atoms with van der Waals surface area (Å²) in [5, 5.41) is 15.0. The Labute approximate surface area is 204 Å². The molecule has 0 spiro atoms. The van der Waals surface area contributed by atoms with Crippen LogP contribution in [0.1, 0.15) is 49.1 Å². The fourth-order valence-corrected chi connectivity index (χ4v) is 5.62. The van der Waals surface area contributed by atoms with Crippen LogP contribution in [0.15, 0.2) is 48.5 Å². The highest BCUT2D eigenvalue weighted by Crippen LogP contribution is 2.44. The van der Waals surface area contributed by atoms with Crippen LogP contribution in [0.4, 0.5) is 4.79 Å². The maximum Gasteiger partial charge on any atom is 0.407 e. The lowest BCUT2D eigenvalue weighted by atomic mass is 9.85. The molecule has 1 saturated carbocycles. The van der Waals surface area contributed by atoms with E-state index in [0.717, 1.165) is 35.1 Å². The van der Waals surface area contributed by atoms with Crippen LogP contribution < -0.4 is 10.6 Å². The quantitative estimate of drug-likeness (QED) is 0.586. The fourth-order valence-electron chi connectivity index (χ4n) is 5.62. The maximum atomic E-state index is 12.8. The Hall–Kier alpha value is -3.39. The van der Waals surface area contributed by atoms with Gasteiger partial charge < -0.3 is 25.2 Å². The highest BCUT2D eigenvalue weighted by atomic mass is 16.6. The van der Waals surface area contributed by atoms with Crippen molar-refractivity contribution >= 4 is 18.0 Å². The number of alkyl carbamates (subject to hydrolysis) is 1. The van der Waals surface area contributed by atoms with Crippen LogP contribution >= 0.6 is 0 Å². The van der Waals surface area contributed by atoms with Crippen molar-refractivity contribution in [3.8, 4) is 11.1 Å². The monoisotopic (exact) mass is 478 g/mol. The first-order valence-corrected chi connectivity index (χ1v) is 12.3. The zero-order valence-corrected chi connectivity index (χ0v) is 19.4. The fraction of sp³-hybridized carbons (Fsp3) is 0.444. The minimum Gasteiger partial charge on any atom is -0.481 e. The van der Waals surface area contributed by atoms with Gasteiger partial charge >= 0.3 is 12.1 Å². The molecule has 3 N–H and O–H groups in total. The molecule has 2 amide bonds. The number of aliphatic carboxylic acids is 1. The van der Waals surface area contributed by atoms with E-state index in [9.17, 15) is 19.5 Å². The molecule has 1 heterocycles. The summed E-state index contributed by atoms with van der Waals surface area (Å²) in [5.41, 5.74) is 4.59. The van der Waals surface area contributed by atoms with Crippen LogP contribution in [-0.2, 0) is 19.1 Å². The molecule has 2 unspecified atom stereocenters. The predicted octanol–water partition coefficient (Wildman–Crippen LogP) is 3.44. The second kappa shape index (κ2) is 10.1. The minimum atomic E-state index is -0.823. The molecule has 8 nitrogen and oxygen atoms in total. The molecule has 3 aliphatic rings. The summed E-state index contributed by atoms with van der Waals surface area (Å²) >= 11 is 0. The molecule has 184 valence electrons. The molecular weight excluding hydrogens is 448 g/mol. The predicted molar refractivity (Wildman–Crippen MR) is 128 cm³/mol. The number of carboxylic acid groups (broad SMARTS) is 1. The van der Waals surface area contributed by atoms with Crippen molar-refractivity contribution in [3.63, 3.8) is 0 Å². The van der Waals surface area contributed by atoms with Crippen molar-refractivity contribution in [1.29, 1.82) is 0 Å². The molecule has 0 radical (unpaired) electrons. The number of benzene rings is 2. The van der Waals surface area contributed by atoms with Gasteiger partial charge in [0.25, 0.3) is 5.91 Å². The van der Waals surface area contributed by atoms with Gasteiger partial charge in [0.1, 0.15) is 6.61 Å². The smallest absolute Gasteiger partial charge is 0.407 e. The van der Waals surface area contributed by atoms with Gasteiger partial charge in [-0.25, -0.2) is 4.79 Å². The van der Waals surface area contributed by atoms with E-state index in [1.807, 2.05) is 24.3 Å². The van der Waals surface area contributed by atoms with Crippen molar-refractivity contribution in [3.05, 3.63) is 59.7 Å². The molecule has 1 aliphatic heterocycles. The van der Waals surface area contributed by atoms with Crippen LogP contribution in [0, 0.1) is 5.92 Å². The van der Waals surface area contributed by atoms with E-state index >= 15 is 0 Å². The van der Waals surface area contributed by atoms with Crippen molar-refractivity contribution in [2.75, 3.05) is 13.2 Å².